The van der Waals surface area contributed by atoms with Gasteiger partial charge >= 0.3 is 0 Å². The fourth-order valence-electron chi connectivity index (χ4n) is 2.80. The molecule has 2 aromatic carbocycles. The summed E-state index contributed by atoms with van der Waals surface area (Å²) in [6, 6.07) is 13.0. The number of hydrogen-bond donors (Lipinski definition) is 2. The van der Waals surface area contributed by atoms with Crippen molar-refractivity contribution in [3.05, 3.63) is 71.8 Å². The minimum Gasteiger partial charge on any atom is -0.493 e. The van der Waals surface area contributed by atoms with Gasteiger partial charge in [-0.25, -0.2) is 0 Å². The van der Waals surface area contributed by atoms with Crippen molar-refractivity contribution >= 4 is 18.3 Å². The van der Waals surface area contributed by atoms with E-state index in [1.807, 2.05) is 42.5 Å². The van der Waals surface area contributed by atoms with Crippen LogP contribution >= 0.6 is 12.4 Å². The normalized spacial score (nSPS) is 11.1. The van der Waals surface area contributed by atoms with E-state index in [-0.39, 0.29) is 18.3 Å². The molecular weight excluding hydrogens is 364 g/mol. The predicted molar refractivity (Wildman–Crippen MR) is 111 cm³/mol. The third-order valence-electron chi connectivity index (χ3n) is 4.08. The fourth-order valence-corrected chi connectivity index (χ4v) is 2.80. The van der Waals surface area contributed by atoms with E-state index in [0.717, 1.165) is 16.7 Å². The number of carbonyl (C=O) groups excluding carboxylic acids is 1. The van der Waals surface area contributed by atoms with E-state index in [1.165, 1.54) is 0 Å². The summed E-state index contributed by atoms with van der Waals surface area (Å²) in [6.45, 7) is 4.14. The Bertz CT molecular complexity index is 751. The van der Waals surface area contributed by atoms with Crippen molar-refractivity contribution in [2.75, 3.05) is 14.2 Å². The second-order valence-electron chi connectivity index (χ2n) is 6.00. The molecule has 2 rings (SSSR count). The van der Waals surface area contributed by atoms with Crippen LogP contribution in [-0.2, 0) is 24.2 Å². The Balaban J connectivity index is 0.00000364. The molecule has 0 aromatic heterocycles. The number of benzene rings is 2. The quantitative estimate of drug-likeness (QED) is 0.645. The molecule has 27 heavy (non-hydrogen) atoms. The van der Waals surface area contributed by atoms with Gasteiger partial charge in [0.1, 0.15) is 0 Å². The first-order chi connectivity index (χ1) is 12.6. The lowest BCUT2D eigenvalue weighted by Gasteiger charge is -2.16. The molecule has 0 spiro atoms. The van der Waals surface area contributed by atoms with Gasteiger partial charge in [0.05, 0.1) is 20.3 Å². The molecule has 0 heterocycles. The number of ether oxygens (including phenoxy) is 2. The lowest BCUT2D eigenvalue weighted by molar-refractivity contribution is -0.122. The van der Waals surface area contributed by atoms with Crippen molar-refractivity contribution in [3.63, 3.8) is 0 Å². The molecule has 0 unspecified atom stereocenters. The summed E-state index contributed by atoms with van der Waals surface area (Å²) >= 11 is 0. The number of methoxy groups -OCH3 is 2. The molecular formula is C21H27ClN2O3. The molecule has 0 aliphatic rings. The number of rotatable bonds is 9. The number of amides is 1. The first kappa shape index (κ1) is 22.5. The van der Waals surface area contributed by atoms with E-state index >= 15 is 0 Å². The highest BCUT2D eigenvalue weighted by molar-refractivity contribution is 5.85. The number of carbonyl (C=O) groups is 1. The van der Waals surface area contributed by atoms with E-state index in [2.05, 4.69) is 11.9 Å². The Morgan fingerprint density at radius 2 is 1.89 bits per heavy atom. The van der Waals surface area contributed by atoms with Gasteiger partial charge in [0.15, 0.2) is 11.5 Å². The van der Waals surface area contributed by atoms with Crippen LogP contribution < -0.4 is 20.5 Å². The van der Waals surface area contributed by atoms with Gasteiger partial charge in [0.2, 0.25) is 5.91 Å². The predicted octanol–water partition coefficient (Wildman–Crippen LogP) is 3.04. The molecule has 0 radical (unpaired) electrons. The van der Waals surface area contributed by atoms with Crippen molar-refractivity contribution in [1.29, 1.82) is 0 Å². The van der Waals surface area contributed by atoms with Gasteiger partial charge in [-0.1, -0.05) is 36.4 Å². The summed E-state index contributed by atoms with van der Waals surface area (Å²) in [5, 5.41) is 2.89. The minimum atomic E-state index is -0.592. The molecule has 146 valence electrons. The molecule has 0 saturated heterocycles. The van der Waals surface area contributed by atoms with Crippen LogP contribution in [0.2, 0.25) is 0 Å². The van der Waals surface area contributed by atoms with Crippen molar-refractivity contribution in [3.8, 4) is 11.5 Å². The second-order valence-corrected chi connectivity index (χ2v) is 6.00. The molecule has 3 N–H and O–H groups in total. The number of allylic oxidation sites excluding steroid dienone is 1. The Labute approximate surface area is 167 Å². The summed E-state index contributed by atoms with van der Waals surface area (Å²) in [5.41, 5.74) is 8.93. The number of nitrogens with one attached hydrogen (secondary N) is 1. The molecule has 2 aromatic rings. The topological polar surface area (TPSA) is 73.6 Å². The zero-order valence-electron chi connectivity index (χ0n) is 15.7. The average Bonchev–Trinajstić information content (AvgIpc) is 2.66. The van der Waals surface area contributed by atoms with E-state index in [9.17, 15) is 4.79 Å². The van der Waals surface area contributed by atoms with Gasteiger partial charge in [0.25, 0.3) is 0 Å². The monoisotopic (exact) mass is 390 g/mol. The van der Waals surface area contributed by atoms with Crippen molar-refractivity contribution < 1.29 is 14.3 Å². The smallest absolute Gasteiger partial charge is 0.237 e. The highest BCUT2D eigenvalue weighted by atomic mass is 35.5. The molecule has 0 fully saturated rings. The maximum absolute atomic E-state index is 12.3. The lowest BCUT2D eigenvalue weighted by atomic mass is 10.0. The molecule has 1 amide bonds. The zero-order chi connectivity index (χ0) is 18.9. The standard InChI is InChI=1S/C21H26N2O3.ClH/c1-4-8-17-11-16(13-19(25-2)20(17)26-3)14-23-21(24)18(22)12-15-9-6-5-7-10-15;/h4-7,9-11,13,18H,1,8,12,14,22H2,2-3H3,(H,23,24);1H/t18-;/m0./s1. The van der Waals surface area contributed by atoms with E-state index in [0.29, 0.717) is 30.9 Å². The third-order valence-corrected chi connectivity index (χ3v) is 4.08. The Kier molecular flexibility index (Phi) is 9.40. The Morgan fingerprint density at radius 1 is 1.19 bits per heavy atom. The molecule has 6 heteroatoms. The van der Waals surface area contributed by atoms with Crippen LogP contribution in [0.25, 0.3) is 0 Å². The van der Waals surface area contributed by atoms with Crippen LogP contribution in [0.15, 0.2) is 55.1 Å². The SMILES string of the molecule is C=CCc1cc(CNC(=O)[C@@H](N)Cc2ccccc2)cc(OC)c1OC.Cl. The highest BCUT2D eigenvalue weighted by Gasteiger charge is 2.15. The van der Waals surface area contributed by atoms with Crippen LogP contribution in [-0.4, -0.2) is 26.2 Å². The zero-order valence-corrected chi connectivity index (χ0v) is 16.6. The summed E-state index contributed by atoms with van der Waals surface area (Å²) in [5.74, 6) is 1.13. The lowest BCUT2D eigenvalue weighted by Crippen LogP contribution is -2.41. The number of hydrogen-bond acceptors (Lipinski definition) is 4. The van der Waals surface area contributed by atoms with E-state index < -0.39 is 6.04 Å². The van der Waals surface area contributed by atoms with Gasteiger partial charge in [-0.15, -0.1) is 19.0 Å². The van der Waals surface area contributed by atoms with Gasteiger partial charge in [-0.3, -0.25) is 4.79 Å². The van der Waals surface area contributed by atoms with E-state index in [1.54, 1.807) is 20.3 Å². The van der Waals surface area contributed by atoms with E-state index in [4.69, 9.17) is 15.2 Å². The van der Waals surface area contributed by atoms with Crippen LogP contribution in [0.4, 0.5) is 0 Å². The van der Waals surface area contributed by atoms with Crippen molar-refractivity contribution in [2.45, 2.75) is 25.4 Å². The number of nitrogens with two attached hydrogens (primary N) is 1. The average molecular weight is 391 g/mol. The Hall–Kier alpha value is -2.50. The second kappa shape index (κ2) is 11.3. The van der Waals surface area contributed by atoms with Gasteiger partial charge in [-0.05, 0) is 36.1 Å². The first-order valence-corrected chi connectivity index (χ1v) is 8.51. The summed E-state index contributed by atoms with van der Waals surface area (Å²) < 4.78 is 10.8. The van der Waals surface area contributed by atoms with Gasteiger partial charge < -0.3 is 20.5 Å². The molecule has 5 nitrogen and oxygen atoms in total. The summed E-state index contributed by atoms with van der Waals surface area (Å²) in [7, 11) is 3.20. The third kappa shape index (κ3) is 6.31. The molecule has 0 aliphatic carbocycles. The summed E-state index contributed by atoms with van der Waals surface area (Å²) in [4.78, 5) is 12.3. The van der Waals surface area contributed by atoms with Crippen LogP contribution in [0.1, 0.15) is 16.7 Å². The fraction of sp³-hybridized carbons (Fsp3) is 0.286. The molecule has 0 aliphatic heterocycles. The maximum atomic E-state index is 12.3. The van der Waals surface area contributed by atoms with Crippen LogP contribution in [0.5, 0.6) is 11.5 Å². The minimum absolute atomic E-state index is 0. The summed E-state index contributed by atoms with van der Waals surface area (Å²) in [6.07, 6.45) is 2.95. The Morgan fingerprint density at radius 3 is 2.48 bits per heavy atom. The maximum Gasteiger partial charge on any atom is 0.237 e. The van der Waals surface area contributed by atoms with Crippen LogP contribution in [0, 0.1) is 0 Å². The van der Waals surface area contributed by atoms with Gasteiger partial charge in [0, 0.05) is 12.1 Å². The highest BCUT2D eigenvalue weighted by Crippen LogP contribution is 2.33. The first-order valence-electron chi connectivity index (χ1n) is 8.51. The van der Waals surface area contributed by atoms with Crippen molar-refractivity contribution in [2.24, 2.45) is 5.73 Å². The van der Waals surface area contributed by atoms with Crippen molar-refractivity contribution in [1.82, 2.24) is 5.32 Å². The van der Waals surface area contributed by atoms with Crippen LogP contribution in [0.3, 0.4) is 0 Å². The number of halogens is 1. The van der Waals surface area contributed by atoms with Gasteiger partial charge in [-0.2, -0.15) is 0 Å². The molecule has 0 bridgehead atoms. The molecule has 0 saturated carbocycles. The molecule has 1 atom stereocenters. The largest absolute Gasteiger partial charge is 0.493 e.